The highest BCUT2D eigenvalue weighted by atomic mass is 28.4. The lowest BCUT2D eigenvalue weighted by Crippen LogP contribution is -2.35. The summed E-state index contributed by atoms with van der Waals surface area (Å²) in [5.41, 5.74) is 3.60. The maximum Gasteiger partial charge on any atom is 0.211 e. The smallest absolute Gasteiger partial charge is 0.211 e. The summed E-state index contributed by atoms with van der Waals surface area (Å²) in [5.74, 6) is 0. The molecule has 4 nitrogen and oxygen atoms in total. The second-order valence-corrected chi connectivity index (χ2v) is 8.61. The van der Waals surface area contributed by atoms with E-state index in [1.807, 2.05) is 6.07 Å². The molecule has 0 saturated carbocycles. The molecule has 1 aromatic heterocycles. The van der Waals surface area contributed by atoms with Gasteiger partial charge < -0.3 is 4.53 Å². The van der Waals surface area contributed by atoms with Gasteiger partial charge in [-0.1, -0.05) is 6.07 Å². The fourth-order valence-corrected chi connectivity index (χ4v) is 1.42. The first-order valence-electron chi connectivity index (χ1n) is 4.76. The normalized spacial score (nSPS) is 13.2. The fourth-order valence-electron chi connectivity index (χ4n) is 0.951. The monoisotopic (exact) mass is 221 g/mol. The standard InChI is InChI=1S/C10H15N3OSi/c1-15(2,3)14-13-10(7-11)9-5-4-6-12-8-9/h4-6,8,10,13H,1-3H3. The van der Waals surface area contributed by atoms with Gasteiger partial charge in [0.05, 0.1) is 6.07 Å². The van der Waals surface area contributed by atoms with E-state index >= 15 is 0 Å². The third-order valence-corrected chi connectivity index (χ3v) is 2.36. The predicted octanol–water partition coefficient (Wildman–Crippen LogP) is 2.00. The summed E-state index contributed by atoms with van der Waals surface area (Å²) in [6.07, 6.45) is 3.34. The van der Waals surface area contributed by atoms with Crippen molar-refractivity contribution in [1.29, 1.82) is 5.26 Å². The fraction of sp³-hybridized carbons (Fsp3) is 0.400. The Bertz CT molecular complexity index is 342. The first-order valence-corrected chi connectivity index (χ1v) is 8.17. The van der Waals surface area contributed by atoms with E-state index in [9.17, 15) is 0 Å². The molecule has 0 aliphatic heterocycles. The zero-order valence-corrected chi connectivity index (χ0v) is 10.2. The molecule has 0 radical (unpaired) electrons. The van der Waals surface area contributed by atoms with Crippen molar-refractivity contribution >= 4 is 8.32 Å². The van der Waals surface area contributed by atoms with E-state index in [0.29, 0.717) is 0 Å². The Morgan fingerprint density at radius 2 is 2.27 bits per heavy atom. The average molecular weight is 221 g/mol. The zero-order valence-electron chi connectivity index (χ0n) is 9.19. The Labute approximate surface area is 91.0 Å². The lowest BCUT2D eigenvalue weighted by Gasteiger charge is -2.20. The molecule has 1 N–H and O–H groups in total. The molecule has 1 aromatic rings. The van der Waals surface area contributed by atoms with Gasteiger partial charge in [0, 0.05) is 18.0 Å². The van der Waals surface area contributed by atoms with Gasteiger partial charge in [0.25, 0.3) is 0 Å². The van der Waals surface area contributed by atoms with E-state index in [1.165, 1.54) is 0 Å². The molecule has 0 aliphatic rings. The van der Waals surface area contributed by atoms with E-state index in [4.69, 9.17) is 9.79 Å². The van der Waals surface area contributed by atoms with E-state index in [-0.39, 0.29) is 0 Å². The minimum atomic E-state index is -1.65. The van der Waals surface area contributed by atoms with Gasteiger partial charge in [0.1, 0.15) is 6.04 Å². The molecule has 0 aromatic carbocycles. The minimum absolute atomic E-state index is 0.453. The minimum Gasteiger partial charge on any atom is -0.344 e. The highest BCUT2D eigenvalue weighted by Gasteiger charge is 2.18. The van der Waals surface area contributed by atoms with Gasteiger partial charge in [-0.25, -0.2) is 0 Å². The van der Waals surface area contributed by atoms with Crippen LogP contribution >= 0.6 is 0 Å². The molecule has 1 heterocycles. The number of nitriles is 1. The molecule has 1 atom stereocenters. The number of aromatic nitrogens is 1. The van der Waals surface area contributed by atoms with Crippen molar-refractivity contribution < 1.29 is 4.53 Å². The quantitative estimate of drug-likeness (QED) is 0.624. The van der Waals surface area contributed by atoms with Crippen molar-refractivity contribution in [3.8, 4) is 6.07 Å². The van der Waals surface area contributed by atoms with Gasteiger partial charge in [0.15, 0.2) is 0 Å². The van der Waals surface area contributed by atoms with E-state index < -0.39 is 14.4 Å². The van der Waals surface area contributed by atoms with Crippen molar-refractivity contribution in [3.63, 3.8) is 0 Å². The Balaban J connectivity index is 2.63. The molecule has 0 spiro atoms. The summed E-state index contributed by atoms with van der Waals surface area (Å²) in [4.78, 5) is 3.96. The molecule has 0 bridgehead atoms. The van der Waals surface area contributed by atoms with Crippen LogP contribution in [0.1, 0.15) is 11.6 Å². The number of rotatable bonds is 4. The van der Waals surface area contributed by atoms with Gasteiger partial charge in [-0.15, -0.1) is 0 Å². The number of nitrogens with one attached hydrogen (secondary N) is 1. The lowest BCUT2D eigenvalue weighted by atomic mass is 10.1. The van der Waals surface area contributed by atoms with Crippen molar-refractivity contribution in [2.75, 3.05) is 0 Å². The van der Waals surface area contributed by atoms with Crippen molar-refractivity contribution in [2.45, 2.75) is 25.7 Å². The summed E-state index contributed by atoms with van der Waals surface area (Å²) in [7, 11) is -1.65. The Hall–Kier alpha value is -1.22. The van der Waals surface area contributed by atoms with Crippen molar-refractivity contribution in [1.82, 2.24) is 10.5 Å². The molecule has 1 rings (SSSR count). The molecule has 0 amide bonds. The van der Waals surface area contributed by atoms with Crippen LogP contribution in [-0.2, 0) is 4.53 Å². The second kappa shape index (κ2) is 5.03. The summed E-state index contributed by atoms with van der Waals surface area (Å²) in [6.45, 7) is 6.16. The number of pyridine rings is 1. The van der Waals surface area contributed by atoms with Crippen LogP contribution in [0.5, 0.6) is 0 Å². The van der Waals surface area contributed by atoms with Gasteiger partial charge in [-0.3, -0.25) is 4.98 Å². The maximum absolute atomic E-state index is 8.97. The average Bonchev–Trinajstić information content (AvgIpc) is 2.19. The molecule has 0 fully saturated rings. The summed E-state index contributed by atoms with van der Waals surface area (Å²) < 4.78 is 5.48. The Kier molecular flexibility index (Phi) is 3.97. The molecule has 80 valence electrons. The van der Waals surface area contributed by atoms with Crippen LogP contribution in [0.3, 0.4) is 0 Å². The van der Waals surface area contributed by atoms with E-state index in [0.717, 1.165) is 5.56 Å². The summed E-state index contributed by atoms with van der Waals surface area (Å²) in [6, 6.07) is 5.33. The van der Waals surface area contributed by atoms with Gasteiger partial charge >= 0.3 is 0 Å². The number of hydroxylamine groups is 1. The van der Waals surface area contributed by atoms with Crippen LogP contribution in [0, 0.1) is 11.3 Å². The molecular weight excluding hydrogens is 206 g/mol. The molecular formula is C10H15N3OSi. The summed E-state index contributed by atoms with van der Waals surface area (Å²) in [5, 5.41) is 8.97. The number of hydrogen-bond acceptors (Lipinski definition) is 4. The van der Waals surface area contributed by atoms with Crippen LogP contribution in [0.2, 0.25) is 19.6 Å². The third kappa shape index (κ3) is 4.21. The van der Waals surface area contributed by atoms with Crippen LogP contribution in [0.15, 0.2) is 24.5 Å². The largest absolute Gasteiger partial charge is 0.344 e. The highest BCUT2D eigenvalue weighted by Crippen LogP contribution is 2.11. The van der Waals surface area contributed by atoms with Gasteiger partial charge in [-0.2, -0.15) is 10.7 Å². The van der Waals surface area contributed by atoms with E-state index in [1.54, 1.807) is 18.5 Å². The Morgan fingerprint density at radius 1 is 1.53 bits per heavy atom. The van der Waals surface area contributed by atoms with Crippen LogP contribution < -0.4 is 5.48 Å². The van der Waals surface area contributed by atoms with Gasteiger partial charge in [-0.05, 0) is 25.7 Å². The van der Waals surface area contributed by atoms with Crippen LogP contribution in [-0.4, -0.2) is 13.3 Å². The molecule has 15 heavy (non-hydrogen) atoms. The zero-order chi connectivity index (χ0) is 11.3. The molecule has 0 aliphatic carbocycles. The molecule has 0 saturated heterocycles. The second-order valence-electron chi connectivity index (χ2n) is 4.18. The van der Waals surface area contributed by atoms with Gasteiger partial charge in [0.2, 0.25) is 8.32 Å². The predicted molar refractivity (Wildman–Crippen MR) is 60.2 cm³/mol. The third-order valence-electron chi connectivity index (χ3n) is 1.63. The van der Waals surface area contributed by atoms with E-state index in [2.05, 4.69) is 36.2 Å². The van der Waals surface area contributed by atoms with Crippen molar-refractivity contribution in [3.05, 3.63) is 30.1 Å². The summed E-state index contributed by atoms with van der Waals surface area (Å²) >= 11 is 0. The van der Waals surface area contributed by atoms with Crippen LogP contribution in [0.25, 0.3) is 0 Å². The van der Waals surface area contributed by atoms with Crippen LogP contribution in [0.4, 0.5) is 0 Å². The lowest BCUT2D eigenvalue weighted by molar-refractivity contribution is 0.167. The molecule has 5 heteroatoms. The molecule has 1 unspecified atom stereocenters. The Morgan fingerprint density at radius 3 is 2.73 bits per heavy atom. The topological polar surface area (TPSA) is 57.9 Å². The first-order chi connectivity index (χ1) is 7.03. The first kappa shape index (κ1) is 11.8. The van der Waals surface area contributed by atoms with Crippen molar-refractivity contribution in [2.24, 2.45) is 0 Å². The number of hydrogen-bond donors (Lipinski definition) is 1. The maximum atomic E-state index is 8.97. The highest BCUT2D eigenvalue weighted by molar-refractivity contribution is 6.69. The SMILES string of the molecule is C[Si](C)(C)ONC(C#N)c1cccnc1. The number of nitrogens with zero attached hydrogens (tertiary/aromatic N) is 2.